The quantitative estimate of drug-likeness (QED) is 0.626. The molecule has 1 aromatic carbocycles. The molecule has 1 aliphatic carbocycles. The fourth-order valence-corrected chi connectivity index (χ4v) is 3.94. The van der Waals surface area contributed by atoms with E-state index in [4.69, 9.17) is 0 Å². The van der Waals surface area contributed by atoms with Crippen molar-refractivity contribution in [2.45, 2.75) is 50.6 Å². The summed E-state index contributed by atoms with van der Waals surface area (Å²) in [6, 6.07) is 7.09. The molecule has 3 unspecified atom stereocenters. The average Bonchev–Trinajstić information content (AvgIpc) is 3.12. The van der Waals surface area contributed by atoms with Gasteiger partial charge in [0.1, 0.15) is 0 Å². The van der Waals surface area contributed by atoms with Gasteiger partial charge < -0.3 is 20.7 Å². The Kier molecular flexibility index (Phi) is 8.26. The minimum absolute atomic E-state index is 0. The van der Waals surface area contributed by atoms with Crippen molar-refractivity contribution in [3.05, 3.63) is 29.8 Å². The summed E-state index contributed by atoms with van der Waals surface area (Å²) in [5, 5.41) is 9.06. The number of halogens is 1. The molecule has 3 rings (SSSR count). The molecule has 0 radical (unpaired) electrons. The molecule has 1 aliphatic heterocycles. The van der Waals surface area contributed by atoms with Gasteiger partial charge in [0.05, 0.1) is 19.6 Å². The lowest BCUT2D eigenvalue weighted by atomic mass is 9.85. The zero-order chi connectivity index (χ0) is 19.2. The number of esters is 1. The molecule has 8 heteroatoms. The first kappa shape index (κ1) is 22.2. The Morgan fingerprint density at radius 1 is 1.14 bits per heavy atom. The summed E-state index contributed by atoms with van der Waals surface area (Å²) in [5.41, 5.74) is 1.14. The van der Waals surface area contributed by atoms with E-state index >= 15 is 0 Å². The molecule has 0 bridgehead atoms. The van der Waals surface area contributed by atoms with Crippen LogP contribution in [-0.2, 0) is 14.3 Å². The number of carbonyl (C=O) groups excluding carboxylic acids is 3. The number of anilines is 1. The highest BCUT2D eigenvalue weighted by atomic mass is 35.5. The van der Waals surface area contributed by atoms with E-state index in [2.05, 4.69) is 20.7 Å². The van der Waals surface area contributed by atoms with E-state index in [0.717, 1.165) is 12.8 Å². The Morgan fingerprint density at radius 2 is 1.86 bits per heavy atom. The van der Waals surface area contributed by atoms with Crippen molar-refractivity contribution in [1.29, 1.82) is 0 Å². The van der Waals surface area contributed by atoms with Gasteiger partial charge in [-0.2, -0.15) is 0 Å². The van der Waals surface area contributed by atoms with E-state index < -0.39 is 0 Å². The number of benzene rings is 1. The largest absolute Gasteiger partial charge is 0.469 e. The second-order valence-corrected chi connectivity index (χ2v) is 7.25. The van der Waals surface area contributed by atoms with Gasteiger partial charge in [-0.25, -0.2) is 0 Å². The van der Waals surface area contributed by atoms with Crippen LogP contribution in [0.25, 0.3) is 0 Å². The molecule has 2 aliphatic rings. The van der Waals surface area contributed by atoms with Crippen LogP contribution in [0.3, 0.4) is 0 Å². The van der Waals surface area contributed by atoms with Crippen molar-refractivity contribution in [2.24, 2.45) is 5.92 Å². The second-order valence-electron chi connectivity index (χ2n) is 7.25. The zero-order valence-corrected chi connectivity index (χ0v) is 16.8. The van der Waals surface area contributed by atoms with Gasteiger partial charge in [0, 0.05) is 23.8 Å². The Balaban J connectivity index is 0.00000280. The lowest BCUT2D eigenvalue weighted by Crippen LogP contribution is -2.39. The van der Waals surface area contributed by atoms with Crippen LogP contribution in [0.5, 0.6) is 0 Å². The van der Waals surface area contributed by atoms with Crippen molar-refractivity contribution in [2.75, 3.05) is 19.0 Å². The van der Waals surface area contributed by atoms with Crippen molar-refractivity contribution in [1.82, 2.24) is 10.6 Å². The van der Waals surface area contributed by atoms with Gasteiger partial charge in [-0.1, -0.05) is 12.8 Å². The zero-order valence-electron chi connectivity index (χ0n) is 16.0. The lowest BCUT2D eigenvalue weighted by Gasteiger charge is -2.24. The van der Waals surface area contributed by atoms with E-state index in [9.17, 15) is 14.4 Å². The van der Waals surface area contributed by atoms with Gasteiger partial charge in [0.25, 0.3) is 5.91 Å². The van der Waals surface area contributed by atoms with Crippen LogP contribution in [-0.4, -0.2) is 43.5 Å². The third kappa shape index (κ3) is 5.69. The first-order valence-corrected chi connectivity index (χ1v) is 9.59. The Hall–Kier alpha value is -2.12. The number of ether oxygens (including phenoxy) is 1. The molecule has 2 fully saturated rings. The maximum absolute atomic E-state index is 12.5. The van der Waals surface area contributed by atoms with Gasteiger partial charge in [-0.15, -0.1) is 12.4 Å². The Bertz CT molecular complexity index is 681. The van der Waals surface area contributed by atoms with Crippen LogP contribution in [0, 0.1) is 5.92 Å². The van der Waals surface area contributed by atoms with E-state index in [1.54, 1.807) is 24.3 Å². The SMILES string of the molecule is COC(=O)CCNC(=O)c1ccc(NC(=O)C2CC3CCCCC3N2)cc1.Cl. The Morgan fingerprint density at radius 3 is 2.54 bits per heavy atom. The predicted molar refractivity (Wildman–Crippen MR) is 109 cm³/mol. The van der Waals surface area contributed by atoms with E-state index in [1.165, 1.54) is 26.4 Å². The third-order valence-corrected chi connectivity index (χ3v) is 5.44. The topological polar surface area (TPSA) is 96.5 Å². The van der Waals surface area contributed by atoms with Crippen LogP contribution in [0.15, 0.2) is 24.3 Å². The summed E-state index contributed by atoms with van der Waals surface area (Å²) in [6.45, 7) is 0.222. The van der Waals surface area contributed by atoms with Crippen LogP contribution in [0.2, 0.25) is 0 Å². The molecular formula is C20H28ClN3O4. The third-order valence-electron chi connectivity index (χ3n) is 5.44. The van der Waals surface area contributed by atoms with Crippen LogP contribution < -0.4 is 16.0 Å². The van der Waals surface area contributed by atoms with E-state index in [0.29, 0.717) is 23.2 Å². The number of methoxy groups -OCH3 is 1. The molecule has 7 nitrogen and oxygen atoms in total. The smallest absolute Gasteiger partial charge is 0.307 e. The Labute approximate surface area is 171 Å². The summed E-state index contributed by atoms with van der Waals surface area (Å²) in [5.74, 6) is -0.0303. The van der Waals surface area contributed by atoms with Crippen molar-refractivity contribution in [3.63, 3.8) is 0 Å². The molecule has 0 aromatic heterocycles. The molecular weight excluding hydrogens is 382 g/mol. The number of amides is 2. The fraction of sp³-hybridized carbons (Fsp3) is 0.550. The number of rotatable bonds is 6. The van der Waals surface area contributed by atoms with Crippen molar-refractivity contribution >= 4 is 35.9 Å². The molecule has 2 amide bonds. The number of fused-ring (bicyclic) bond motifs is 1. The summed E-state index contributed by atoms with van der Waals surface area (Å²) < 4.78 is 4.53. The molecule has 28 heavy (non-hydrogen) atoms. The monoisotopic (exact) mass is 409 g/mol. The van der Waals surface area contributed by atoms with Crippen molar-refractivity contribution < 1.29 is 19.1 Å². The molecule has 154 valence electrons. The summed E-state index contributed by atoms with van der Waals surface area (Å²) >= 11 is 0. The standard InChI is InChI=1S/C20H27N3O4.ClH/c1-27-18(24)10-11-21-19(25)13-6-8-15(9-7-13)22-20(26)17-12-14-4-2-3-5-16(14)23-17;/h6-9,14,16-17,23H,2-5,10-12H2,1H3,(H,21,25)(H,22,26);1H. The minimum Gasteiger partial charge on any atom is -0.469 e. The van der Waals surface area contributed by atoms with Gasteiger partial charge in [0.2, 0.25) is 5.91 Å². The van der Waals surface area contributed by atoms with E-state index in [-0.39, 0.29) is 49.2 Å². The summed E-state index contributed by atoms with van der Waals surface area (Å²) in [7, 11) is 1.31. The van der Waals surface area contributed by atoms with E-state index in [1.807, 2.05) is 0 Å². The first-order valence-electron chi connectivity index (χ1n) is 9.59. The van der Waals surface area contributed by atoms with Gasteiger partial charge >= 0.3 is 5.97 Å². The average molecular weight is 410 g/mol. The maximum Gasteiger partial charge on any atom is 0.307 e. The van der Waals surface area contributed by atoms with Crippen LogP contribution in [0.1, 0.15) is 48.9 Å². The molecule has 3 N–H and O–H groups in total. The molecule has 1 heterocycles. The predicted octanol–water partition coefficient (Wildman–Crippen LogP) is 2.26. The number of nitrogens with one attached hydrogen (secondary N) is 3. The lowest BCUT2D eigenvalue weighted by molar-refractivity contribution is -0.140. The highest BCUT2D eigenvalue weighted by Gasteiger charge is 2.38. The minimum atomic E-state index is -0.367. The summed E-state index contributed by atoms with van der Waals surface area (Å²) in [6.07, 6.45) is 5.91. The highest BCUT2D eigenvalue weighted by molar-refractivity contribution is 5.97. The molecule has 1 aromatic rings. The number of carbonyl (C=O) groups is 3. The van der Waals surface area contributed by atoms with Crippen molar-refractivity contribution in [3.8, 4) is 0 Å². The van der Waals surface area contributed by atoms with Gasteiger partial charge in [0.15, 0.2) is 0 Å². The second kappa shape index (κ2) is 10.4. The number of hydrogen-bond donors (Lipinski definition) is 3. The maximum atomic E-state index is 12.5. The van der Waals surface area contributed by atoms with Crippen LogP contribution in [0.4, 0.5) is 5.69 Å². The number of hydrogen-bond acceptors (Lipinski definition) is 5. The highest BCUT2D eigenvalue weighted by Crippen LogP contribution is 2.33. The molecule has 1 saturated heterocycles. The molecule has 1 saturated carbocycles. The summed E-state index contributed by atoms with van der Waals surface area (Å²) in [4.78, 5) is 35.6. The van der Waals surface area contributed by atoms with Gasteiger partial charge in [-0.05, 0) is 49.4 Å². The van der Waals surface area contributed by atoms with Gasteiger partial charge in [-0.3, -0.25) is 14.4 Å². The normalized spacial score (nSPS) is 23.1. The first-order chi connectivity index (χ1) is 13.1. The molecule has 3 atom stereocenters. The van der Waals surface area contributed by atoms with Crippen LogP contribution >= 0.6 is 12.4 Å². The molecule has 0 spiro atoms. The fourth-order valence-electron chi connectivity index (χ4n) is 3.94.